The third-order valence-corrected chi connectivity index (χ3v) is 4.18. The molecule has 0 bridgehead atoms. The number of nitrogens with one attached hydrogen (secondary N) is 2. The van der Waals surface area contributed by atoms with Crippen molar-refractivity contribution in [2.75, 3.05) is 16.4 Å². The summed E-state index contributed by atoms with van der Waals surface area (Å²) in [5.74, 6) is -0.265. The van der Waals surface area contributed by atoms with Crippen molar-refractivity contribution in [3.05, 3.63) is 100 Å². The van der Waals surface area contributed by atoms with Crippen molar-refractivity contribution >= 4 is 34.7 Å². The van der Waals surface area contributed by atoms with Gasteiger partial charge in [0.25, 0.3) is 5.69 Å². The molecule has 29 heavy (non-hydrogen) atoms. The van der Waals surface area contributed by atoms with Crippen LogP contribution in [0, 0.1) is 10.1 Å². The number of nitro groups is 1. The van der Waals surface area contributed by atoms with Gasteiger partial charge in [-0.15, -0.1) is 0 Å². The van der Waals surface area contributed by atoms with Crippen LogP contribution in [0.4, 0.5) is 22.7 Å². The molecule has 0 saturated carbocycles. The van der Waals surface area contributed by atoms with Gasteiger partial charge in [-0.25, -0.2) is 0 Å². The van der Waals surface area contributed by atoms with Crippen LogP contribution in [0.25, 0.3) is 6.08 Å². The van der Waals surface area contributed by atoms with Crippen LogP contribution in [0.3, 0.4) is 0 Å². The molecule has 4 N–H and O–H groups in total. The number of nitro benzene ring substituents is 1. The van der Waals surface area contributed by atoms with Crippen LogP contribution in [-0.4, -0.2) is 10.8 Å². The van der Waals surface area contributed by atoms with Crippen LogP contribution in [0.2, 0.25) is 0 Å². The second-order valence-electron chi connectivity index (χ2n) is 6.31. The van der Waals surface area contributed by atoms with E-state index in [0.717, 1.165) is 11.1 Å². The van der Waals surface area contributed by atoms with E-state index in [1.807, 2.05) is 24.3 Å². The fraction of sp³-hybridized carbons (Fsp3) is 0.0455. The van der Waals surface area contributed by atoms with Gasteiger partial charge in [-0.05, 0) is 35.4 Å². The van der Waals surface area contributed by atoms with Gasteiger partial charge in [0.1, 0.15) is 0 Å². The zero-order chi connectivity index (χ0) is 20.6. The molecule has 3 rings (SSSR count). The van der Waals surface area contributed by atoms with Gasteiger partial charge in [-0.3, -0.25) is 14.9 Å². The molecule has 0 aliphatic carbocycles. The molecular formula is C22H20N4O3. The molecule has 7 nitrogen and oxygen atoms in total. The van der Waals surface area contributed by atoms with Crippen molar-refractivity contribution in [2.24, 2.45) is 0 Å². The molecule has 0 aliphatic heterocycles. The van der Waals surface area contributed by atoms with Crippen LogP contribution >= 0.6 is 0 Å². The maximum absolute atomic E-state index is 12.0. The lowest BCUT2D eigenvalue weighted by molar-refractivity contribution is -0.384. The molecule has 7 heteroatoms. The Labute approximate surface area is 168 Å². The van der Waals surface area contributed by atoms with E-state index in [9.17, 15) is 14.9 Å². The number of benzene rings is 3. The van der Waals surface area contributed by atoms with Crippen LogP contribution in [-0.2, 0) is 11.3 Å². The molecule has 146 valence electrons. The molecule has 1 amide bonds. The number of para-hydroxylation sites is 2. The Morgan fingerprint density at radius 2 is 1.79 bits per heavy atom. The SMILES string of the molecule is Nc1ccccc1NC(=O)C=Cc1ccc(CNc2cccc([N+](=O)[O-])c2)cc1. The molecule has 0 atom stereocenters. The fourth-order valence-electron chi connectivity index (χ4n) is 2.64. The predicted molar refractivity (Wildman–Crippen MR) is 115 cm³/mol. The molecule has 0 fully saturated rings. The average Bonchev–Trinajstić information content (AvgIpc) is 2.73. The molecule has 0 aromatic heterocycles. The maximum Gasteiger partial charge on any atom is 0.271 e. The lowest BCUT2D eigenvalue weighted by Crippen LogP contribution is -2.09. The van der Waals surface area contributed by atoms with Gasteiger partial charge in [0.05, 0.1) is 16.3 Å². The Morgan fingerprint density at radius 1 is 1.03 bits per heavy atom. The number of nitrogen functional groups attached to an aromatic ring is 1. The lowest BCUT2D eigenvalue weighted by Gasteiger charge is -2.07. The molecule has 0 radical (unpaired) electrons. The van der Waals surface area contributed by atoms with Gasteiger partial charge in [0.2, 0.25) is 5.91 Å². The van der Waals surface area contributed by atoms with Crippen molar-refractivity contribution in [1.82, 2.24) is 0 Å². The Kier molecular flexibility index (Phi) is 6.22. The third kappa shape index (κ3) is 5.67. The van der Waals surface area contributed by atoms with Gasteiger partial charge < -0.3 is 16.4 Å². The van der Waals surface area contributed by atoms with E-state index >= 15 is 0 Å². The van der Waals surface area contributed by atoms with Crippen LogP contribution in [0.15, 0.2) is 78.9 Å². The first-order valence-electron chi connectivity index (χ1n) is 8.92. The third-order valence-electron chi connectivity index (χ3n) is 4.18. The molecule has 0 saturated heterocycles. The standard InChI is InChI=1S/C22H20N4O3/c23-20-6-1-2-7-21(20)25-22(27)13-12-16-8-10-17(11-9-16)15-24-18-4-3-5-19(14-18)26(28)29/h1-14,24H,15,23H2,(H,25,27). The van der Waals surface area contributed by atoms with E-state index in [2.05, 4.69) is 10.6 Å². The second-order valence-corrected chi connectivity index (χ2v) is 6.31. The summed E-state index contributed by atoms with van der Waals surface area (Å²) < 4.78 is 0. The summed E-state index contributed by atoms with van der Waals surface area (Å²) in [7, 11) is 0. The molecule has 0 spiro atoms. The lowest BCUT2D eigenvalue weighted by atomic mass is 10.1. The first-order chi connectivity index (χ1) is 14.0. The van der Waals surface area contributed by atoms with Gasteiger partial charge >= 0.3 is 0 Å². The van der Waals surface area contributed by atoms with E-state index < -0.39 is 4.92 Å². The summed E-state index contributed by atoms with van der Waals surface area (Å²) in [5.41, 5.74) is 9.50. The molecule has 0 unspecified atom stereocenters. The van der Waals surface area contributed by atoms with Crippen molar-refractivity contribution in [3.8, 4) is 0 Å². The number of rotatable bonds is 7. The summed E-state index contributed by atoms with van der Waals surface area (Å²) in [6, 6.07) is 21.1. The Hall–Kier alpha value is -4.13. The number of hydrogen-bond acceptors (Lipinski definition) is 5. The smallest absolute Gasteiger partial charge is 0.271 e. The monoisotopic (exact) mass is 388 g/mol. The zero-order valence-corrected chi connectivity index (χ0v) is 15.5. The van der Waals surface area contributed by atoms with E-state index in [1.54, 1.807) is 42.5 Å². The quantitative estimate of drug-likeness (QED) is 0.240. The Morgan fingerprint density at radius 3 is 2.52 bits per heavy atom. The minimum Gasteiger partial charge on any atom is -0.397 e. The van der Waals surface area contributed by atoms with Crippen molar-refractivity contribution < 1.29 is 9.72 Å². The maximum atomic E-state index is 12.0. The first kappa shape index (κ1) is 19.6. The Balaban J connectivity index is 1.55. The largest absolute Gasteiger partial charge is 0.397 e. The van der Waals surface area contributed by atoms with Crippen molar-refractivity contribution in [2.45, 2.75) is 6.54 Å². The number of non-ortho nitro benzene ring substituents is 1. The molecule has 0 aliphatic rings. The zero-order valence-electron chi connectivity index (χ0n) is 15.5. The molecular weight excluding hydrogens is 368 g/mol. The minimum absolute atomic E-state index is 0.0472. The van der Waals surface area contributed by atoms with E-state index in [0.29, 0.717) is 23.6 Å². The Bertz CT molecular complexity index is 1050. The number of carbonyl (C=O) groups is 1. The second kappa shape index (κ2) is 9.18. The predicted octanol–water partition coefficient (Wildman–Crippen LogP) is 4.44. The average molecular weight is 388 g/mol. The highest BCUT2D eigenvalue weighted by Crippen LogP contribution is 2.18. The van der Waals surface area contributed by atoms with E-state index in [-0.39, 0.29) is 11.6 Å². The number of amides is 1. The highest BCUT2D eigenvalue weighted by molar-refractivity contribution is 6.03. The van der Waals surface area contributed by atoms with E-state index in [1.165, 1.54) is 18.2 Å². The van der Waals surface area contributed by atoms with Gasteiger partial charge in [0.15, 0.2) is 0 Å². The summed E-state index contributed by atoms with van der Waals surface area (Å²) in [6.07, 6.45) is 3.16. The summed E-state index contributed by atoms with van der Waals surface area (Å²) in [5, 5.41) is 16.7. The molecule has 3 aromatic carbocycles. The summed E-state index contributed by atoms with van der Waals surface area (Å²) in [6.45, 7) is 0.527. The molecule has 0 heterocycles. The number of nitrogens with two attached hydrogens (primary N) is 1. The number of anilines is 3. The first-order valence-corrected chi connectivity index (χ1v) is 8.92. The van der Waals surface area contributed by atoms with E-state index in [4.69, 9.17) is 5.73 Å². The highest BCUT2D eigenvalue weighted by atomic mass is 16.6. The summed E-state index contributed by atoms with van der Waals surface area (Å²) in [4.78, 5) is 22.4. The number of hydrogen-bond donors (Lipinski definition) is 3. The fourth-order valence-corrected chi connectivity index (χ4v) is 2.64. The minimum atomic E-state index is -0.422. The highest BCUT2D eigenvalue weighted by Gasteiger charge is 2.05. The van der Waals surface area contributed by atoms with Gasteiger partial charge in [-0.2, -0.15) is 0 Å². The van der Waals surface area contributed by atoms with Gasteiger partial charge in [0, 0.05) is 30.4 Å². The van der Waals surface area contributed by atoms with Crippen molar-refractivity contribution in [1.29, 1.82) is 0 Å². The normalized spacial score (nSPS) is 10.6. The van der Waals surface area contributed by atoms with Crippen LogP contribution in [0.5, 0.6) is 0 Å². The van der Waals surface area contributed by atoms with Crippen LogP contribution in [0.1, 0.15) is 11.1 Å². The number of carbonyl (C=O) groups excluding carboxylic acids is 1. The molecule has 3 aromatic rings. The topological polar surface area (TPSA) is 110 Å². The number of nitrogens with zero attached hydrogens (tertiary/aromatic N) is 1. The summed E-state index contributed by atoms with van der Waals surface area (Å²) >= 11 is 0. The van der Waals surface area contributed by atoms with Crippen LogP contribution < -0.4 is 16.4 Å². The van der Waals surface area contributed by atoms with Crippen molar-refractivity contribution in [3.63, 3.8) is 0 Å². The van der Waals surface area contributed by atoms with Gasteiger partial charge in [-0.1, -0.05) is 42.5 Å².